The van der Waals surface area contributed by atoms with Crippen molar-refractivity contribution in [3.8, 4) is 0 Å². The predicted molar refractivity (Wildman–Crippen MR) is 99.1 cm³/mol. The van der Waals surface area contributed by atoms with Crippen LogP contribution in [-0.4, -0.2) is 15.9 Å². The number of halogens is 3. The highest BCUT2D eigenvalue weighted by molar-refractivity contribution is 5.92. The highest BCUT2D eigenvalue weighted by Gasteiger charge is 2.33. The van der Waals surface area contributed by atoms with Crippen molar-refractivity contribution >= 4 is 17.4 Å². The van der Waals surface area contributed by atoms with Crippen molar-refractivity contribution in [1.82, 2.24) is 15.3 Å². The average molecular weight is 386 g/mol. The summed E-state index contributed by atoms with van der Waals surface area (Å²) in [6.45, 7) is 2.31. The van der Waals surface area contributed by atoms with Crippen molar-refractivity contribution in [3.05, 3.63) is 83.3 Å². The number of anilines is 2. The second kappa shape index (κ2) is 8.08. The minimum absolute atomic E-state index is 0.0711. The van der Waals surface area contributed by atoms with Gasteiger partial charge in [-0.25, -0.2) is 9.97 Å². The van der Waals surface area contributed by atoms with Gasteiger partial charge >= 0.3 is 6.18 Å². The molecule has 0 saturated carbocycles. The number of aromatic nitrogens is 2. The molecule has 1 aromatic heterocycles. The van der Waals surface area contributed by atoms with Crippen molar-refractivity contribution in [2.45, 2.75) is 19.6 Å². The van der Waals surface area contributed by atoms with Crippen LogP contribution in [0.5, 0.6) is 0 Å². The van der Waals surface area contributed by atoms with Crippen molar-refractivity contribution < 1.29 is 18.0 Å². The van der Waals surface area contributed by atoms with E-state index in [4.69, 9.17) is 0 Å². The van der Waals surface area contributed by atoms with E-state index in [9.17, 15) is 18.0 Å². The molecule has 0 radical (unpaired) electrons. The summed E-state index contributed by atoms with van der Waals surface area (Å²) in [7, 11) is 0. The molecule has 2 N–H and O–H groups in total. The monoisotopic (exact) mass is 386 g/mol. The normalized spacial score (nSPS) is 11.1. The summed E-state index contributed by atoms with van der Waals surface area (Å²) in [6, 6.07) is 12.8. The fourth-order valence-electron chi connectivity index (χ4n) is 2.47. The molecule has 3 aromatic rings. The molecule has 144 valence electrons. The van der Waals surface area contributed by atoms with E-state index in [0.29, 0.717) is 6.54 Å². The molecule has 1 heterocycles. The lowest BCUT2D eigenvalue weighted by molar-refractivity contribution is -0.136. The first-order valence-corrected chi connectivity index (χ1v) is 8.42. The number of para-hydroxylation sites is 1. The van der Waals surface area contributed by atoms with Crippen LogP contribution in [0, 0.1) is 6.92 Å². The molecule has 1 amide bonds. The zero-order valence-electron chi connectivity index (χ0n) is 14.9. The van der Waals surface area contributed by atoms with Crippen molar-refractivity contribution in [2.24, 2.45) is 0 Å². The number of benzene rings is 2. The lowest BCUT2D eigenvalue weighted by atomic mass is 10.1. The largest absolute Gasteiger partial charge is 0.418 e. The molecule has 0 unspecified atom stereocenters. The molecule has 28 heavy (non-hydrogen) atoms. The van der Waals surface area contributed by atoms with Gasteiger partial charge in [-0.3, -0.25) is 4.79 Å². The fraction of sp³-hybridized carbons (Fsp3) is 0.150. The Balaban J connectivity index is 1.65. The molecule has 2 aromatic carbocycles. The van der Waals surface area contributed by atoms with Gasteiger partial charge in [0.05, 0.1) is 23.6 Å². The lowest BCUT2D eigenvalue weighted by Crippen LogP contribution is -2.24. The highest BCUT2D eigenvalue weighted by Crippen LogP contribution is 2.35. The van der Waals surface area contributed by atoms with Gasteiger partial charge < -0.3 is 10.6 Å². The second-order valence-electron chi connectivity index (χ2n) is 6.12. The maximum atomic E-state index is 13.0. The van der Waals surface area contributed by atoms with Gasteiger partial charge in [-0.05, 0) is 24.6 Å². The van der Waals surface area contributed by atoms with E-state index < -0.39 is 17.6 Å². The average Bonchev–Trinajstić information content (AvgIpc) is 2.67. The Morgan fingerprint density at radius 1 is 1.00 bits per heavy atom. The van der Waals surface area contributed by atoms with Gasteiger partial charge in [-0.2, -0.15) is 13.2 Å². The molecular formula is C20H17F3N4O. The van der Waals surface area contributed by atoms with E-state index in [0.717, 1.165) is 17.2 Å². The quantitative estimate of drug-likeness (QED) is 0.679. The summed E-state index contributed by atoms with van der Waals surface area (Å²) in [6.07, 6.45) is -2.07. The van der Waals surface area contributed by atoms with E-state index in [2.05, 4.69) is 20.6 Å². The van der Waals surface area contributed by atoms with Crippen molar-refractivity contribution in [3.63, 3.8) is 0 Å². The Labute approximate surface area is 159 Å². The van der Waals surface area contributed by atoms with Crippen LogP contribution in [0.15, 0.2) is 60.9 Å². The molecule has 0 saturated heterocycles. The Kier molecular flexibility index (Phi) is 5.58. The Morgan fingerprint density at radius 2 is 1.71 bits per heavy atom. The molecule has 0 fully saturated rings. The van der Waals surface area contributed by atoms with Gasteiger partial charge in [-0.15, -0.1) is 0 Å². The summed E-state index contributed by atoms with van der Waals surface area (Å²) in [4.78, 5) is 20.1. The van der Waals surface area contributed by atoms with E-state index in [1.165, 1.54) is 30.6 Å². The SMILES string of the molecule is Cc1ccc(CNC(=O)c2cnc(Nc3ccccc3C(F)(F)F)cn2)cc1. The maximum Gasteiger partial charge on any atom is 0.418 e. The number of hydrogen-bond donors (Lipinski definition) is 2. The van der Waals surface area contributed by atoms with E-state index in [-0.39, 0.29) is 17.2 Å². The third-order valence-corrected chi connectivity index (χ3v) is 3.95. The number of aryl methyl sites for hydroxylation is 1. The maximum absolute atomic E-state index is 13.0. The summed E-state index contributed by atoms with van der Waals surface area (Å²) < 4.78 is 39.1. The Morgan fingerprint density at radius 3 is 2.36 bits per heavy atom. The number of amides is 1. The third-order valence-electron chi connectivity index (χ3n) is 3.95. The second-order valence-corrected chi connectivity index (χ2v) is 6.12. The standard InChI is InChI=1S/C20H17F3N4O/c1-13-6-8-14(9-7-13)10-26-19(28)17-11-25-18(12-24-17)27-16-5-3-2-4-15(16)20(21,22)23/h2-9,11-12H,10H2,1H3,(H,25,27)(H,26,28). The summed E-state index contributed by atoms with van der Waals surface area (Å²) in [5, 5.41) is 5.31. The minimum atomic E-state index is -4.49. The molecule has 0 aliphatic carbocycles. The van der Waals surface area contributed by atoms with Crippen LogP contribution in [0.3, 0.4) is 0 Å². The summed E-state index contributed by atoms with van der Waals surface area (Å²) in [5.74, 6) is -0.317. The number of nitrogens with one attached hydrogen (secondary N) is 2. The minimum Gasteiger partial charge on any atom is -0.347 e. The molecule has 0 bridgehead atoms. The summed E-state index contributed by atoms with van der Waals surface area (Å²) >= 11 is 0. The number of carbonyl (C=O) groups is 1. The Hall–Kier alpha value is -3.42. The van der Waals surface area contributed by atoms with E-state index in [1.807, 2.05) is 31.2 Å². The third kappa shape index (κ3) is 4.85. The van der Waals surface area contributed by atoms with Crippen molar-refractivity contribution in [2.75, 3.05) is 5.32 Å². The number of carbonyl (C=O) groups excluding carboxylic acids is 1. The Bertz CT molecular complexity index is 954. The topological polar surface area (TPSA) is 66.9 Å². The molecule has 5 nitrogen and oxygen atoms in total. The molecular weight excluding hydrogens is 369 g/mol. The first-order valence-electron chi connectivity index (χ1n) is 8.42. The van der Waals surface area contributed by atoms with Crippen LogP contribution in [0.2, 0.25) is 0 Å². The van der Waals surface area contributed by atoms with Crippen LogP contribution in [0.25, 0.3) is 0 Å². The highest BCUT2D eigenvalue weighted by atomic mass is 19.4. The van der Waals surface area contributed by atoms with Gasteiger partial charge in [0.15, 0.2) is 0 Å². The zero-order chi connectivity index (χ0) is 20.1. The molecule has 0 aliphatic rings. The van der Waals surface area contributed by atoms with Crippen molar-refractivity contribution in [1.29, 1.82) is 0 Å². The van der Waals surface area contributed by atoms with E-state index in [1.54, 1.807) is 0 Å². The van der Waals surface area contributed by atoms with Crippen LogP contribution < -0.4 is 10.6 Å². The first-order chi connectivity index (χ1) is 13.3. The number of rotatable bonds is 5. The lowest BCUT2D eigenvalue weighted by Gasteiger charge is -2.13. The molecule has 0 aliphatic heterocycles. The molecule has 0 spiro atoms. The zero-order valence-corrected chi connectivity index (χ0v) is 14.9. The van der Waals surface area contributed by atoms with Gasteiger partial charge in [0, 0.05) is 6.54 Å². The molecule has 8 heteroatoms. The smallest absolute Gasteiger partial charge is 0.347 e. The van der Waals surface area contributed by atoms with Gasteiger partial charge in [0.2, 0.25) is 0 Å². The number of hydrogen-bond acceptors (Lipinski definition) is 4. The number of alkyl halides is 3. The van der Waals surface area contributed by atoms with Gasteiger partial charge in [0.25, 0.3) is 5.91 Å². The first kappa shape index (κ1) is 19.3. The number of nitrogens with zero attached hydrogens (tertiary/aromatic N) is 2. The van der Waals surface area contributed by atoms with Crippen LogP contribution >= 0.6 is 0 Å². The van der Waals surface area contributed by atoms with Gasteiger partial charge in [-0.1, -0.05) is 42.0 Å². The van der Waals surface area contributed by atoms with E-state index >= 15 is 0 Å². The predicted octanol–water partition coefficient (Wildman–Crippen LogP) is 4.48. The molecule has 3 rings (SSSR count). The van der Waals surface area contributed by atoms with Crippen LogP contribution in [-0.2, 0) is 12.7 Å². The summed E-state index contributed by atoms with van der Waals surface area (Å²) in [5.41, 5.74) is 1.18. The van der Waals surface area contributed by atoms with Crippen LogP contribution in [0.4, 0.5) is 24.7 Å². The fourth-order valence-corrected chi connectivity index (χ4v) is 2.47. The van der Waals surface area contributed by atoms with Gasteiger partial charge in [0.1, 0.15) is 11.5 Å². The van der Waals surface area contributed by atoms with Crippen LogP contribution in [0.1, 0.15) is 27.2 Å². The molecule has 0 atom stereocenters.